The van der Waals surface area contributed by atoms with Crippen molar-refractivity contribution >= 4 is 40.0 Å². The fraction of sp³-hybridized carbons (Fsp3) is 0.292. The Morgan fingerprint density at radius 1 is 1.18 bits per heavy atom. The second-order valence-electron chi connectivity index (χ2n) is 7.33. The lowest BCUT2D eigenvalue weighted by Gasteiger charge is -2.18. The van der Waals surface area contributed by atoms with Crippen LogP contribution in [0.5, 0.6) is 5.75 Å². The predicted molar refractivity (Wildman–Crippen MR) is 132 cm³/mol. The van der Waals surface area contributed by atoms with Gasteiger partial charge in [0.05, 0.1) is 18.4 Å². The molecule has 0 bridgehead atoms. The number of thiazole rings is 1. The van der Waals surface area contributed by atoms with Crippen LogP contribution in [0.2, 0.25) is 0 Å². The highest BCUT2D eigenvalue weighted by molar-refractivity contribution is 7.98. The average molecular weight is 488 g/mol. The number of para-hydroxylation sites is 1. The zero-order chi connectivity index (χ0) is 23.8. The summed E-state index contributed by atoms with van der Waals surface area (Å²) < 4.78 is 18.4. The van der Waals surface area contributed by atoms with Gasteiger partial charge >= 0.3 is 0 Å². The van der Waals surface area contributed by atoms with Crippen LogP contribution in [0.25, 0.3) is 0 Å². The van der Waals surface area contributed by atoms with Gasteiger partial charge in [-0.05, 0) is 55.2 Å². The lowest BCUT2D eigenvalue weighted by atomic mass is 10.1. The first-order valence-corrected chi connectivity index (χ1v) is 12.6. The minimum Gasteiger partial charge on any atom is -0.496 e. The van der Waals surface area contributed by atoms with Crippen molar-refractivity contribution < 1.29 is 18.7 Å². The molecule has 1 unspecified atom stereocenters. The minimum atomic E-state index is -0.723. The van der Waals surface area contributed by atoms with Crippen molar-refractivity contribution in [1.82, 2.24) is 10.3 Å². The van der Waals surface area contributed by atoms with Crippen LogP contribution in [-0.4, -0.2) is 42.0 Å². The largest absolute Gasteiger partial charge is 0.496 e. The smallest absolute Gasteiger partial charge is 0.255 e. The van der Waals surface area contributed by atoms with E-state index in [2.05, 4.69) is 15.6 Å². The number of nitrogens with zero attached hydrogens (tertiary/aromatic N) is 1. The average Bonchev–Trinajstić information content (AvgIpc) is 3.16. The van der Waals surface area contributed by atoms with Crippen molar-refractivity contribution in [2.24, 2.45) is 0 Å². The molecule has 0 fully saturated rings. The van der Waals surface area contributed by atoms with Crippen molar-refractivity contribution in [2.75, 3.05) is 24.4 Å². The number of benzene rings is 2. The van der Waals surface area contributed by atoms with E-state index < -0.39 is 6.04 Å². The number of carbonyl (C=O) groups is 2. The van der Waals surface area contributed by atoms with Gasteiger partial charge in [-0.1, -0.05) is 24.3 Å². The topological polar surface area (TPSA) is 80.3 Å². The Morgan fingerprint density at radius 3 is 2.61 bits per heavy atom. The number of halogens is 1. The number of hydrogen-bond acceptors (Lipinski definition) is 6. The van der Waals surface area contributed by atoms with E-state index in [1.165, 1.54) is 30.6 Å². The first kappa shape index (κ1) is 24.7. The number of ether oxygens (including phenoxy) is 1. The van der Waals surface area contributed by atoms with Crippen LogP contribution < -0.4 is 15.4 Å². The molecule has 0 aliphatic carbocycles. The van der Waals surface area contributed by atoms with E-state index in [9.17, 15) is 14.0 Å². The van der Waals surface area contributed by atoms with Crippen molar-refractivity contribution in [1.29, 1.82) is 0 Å². The molecule has 3 rings (SSSR count). The molecule has 1 atom stereocenters. The van der Waals surface area contributed by atoms with Crippen LogP contribution in [-0.2, 0) is 11.2 Å². The number of carbonyl (C=O) groups excluding carboxylic acids is 2. The molecule has 2 amide bonds. The lowest BCUT2D eigenvalue weighted by molar-refractivity contribution is -0.118. The van der Waals surface area contributed by atoms with Crippen molar-refractivity contribution in [3.8, 4) is 5.75 Å². The molecule has 9 heteroatoms. The summed E-state index contributed by atoms with van der Waals surface area (Å²) in [5.74, 6) is 0.173. The number of hydrogen-bond donors (Lipinski definition) is 2. The molecule has 2 N–H and O–H groups in total. The maximum absolute atomic E-state index is 13.2. The highest BCUT2D eigenvalue weighted by Gasteiger charge is 2.24. The Morgan fingerprint density at radius 2 is 1.91 bits per heavy atom. The zero-order valence-electron chi connectivity index (χ0n) is 18.7. The summed E-state index contributed by atoms with van der Waals surface area (Å²) >= 11 is 2.97. The second-order valence-corrected chi connectivity index (χ2v) is 9.40. The first-order valence-electron chi connectivity index (χ1n) is 10.4. The van der Waals surface area contributed by atoms with Gasteiger partial charge in [-0.25, -0.2) is 9.37 Å². The number of aromatic nitrogens is 1. The molecule has 0 aliphatic heterocycles. The van der Waals surface area contributed by atoms with Gasteiger partial charge in [-0.2, -0.15) is 11.8 Å². The highest BCUT2D eigenvalue weighted by atomic mass is 32.2. The number of thioether (sulfide) groups is 1. The van der Waals surface area contributed by atoms with E-state index >= 15 is 0 Å². The van der Waals surface area contributed by atoms with Crippen molar-refractivity contribution in [2.45, 2.75) is 25.8 Å². The Hall–Kier alpha value is -2.91. The van der Waals surface area contributed by atoms with Gasteiger partial charge < -0.3 is 15.4 Å². The fourth-order valence-electron chi connectivity index (χ4n) is 3.20. The quantitative estimate of drug-likeness (QED) is 0.434. The van der Waals surface area contributed by atoms with Crippen LogP contribution >= 0.6 is 23.1 Å². The summed E-state index contributed by atoms with van der Waals surface area (Å²) in [6, 6.07) is 12.5. The van der Waals surface area contributed by atoms with E-state index in [0.717, 1.165) is 16.1 Å². The molecule has 3 aromatic rings. The van der Waals surface area contributed by atoms with Crippen molar-refractivity contribution in [3.63, 3.8) is 0 Å². The van der Waals surface area contributed by atoms with Crippen LogP contribution in [0.1, 0.15) is 32.9 Å². The molecule has 0 saturated heterocycles. The Labute approximate surface area is 201 Å². The Kier molecular flexibility index (Phi) is 8.85. The van der Waals surface area contributed by atoms with Crippen molar-refractivity contribution in [3.05, 3.63) is 76.0 Å². The second kappa shape index (κ2) is 11.8. The van der Waals surface area contributed by atoms with E-state index in [4.69, 9.17) is 4.74 Å². The predicted octanol–water partition coefficient (Wildman–Crippen LogP) is 4.68. The molecule has 0 radical (unpaired) electrons. The molecule has 1 heterocycles. The fourth-order valence-corrected chi connectivity index (χ4v) is 4.67. The van der Waals surface area contributed by atoms with Crippen LogP contribution in [0.3, 0.4) is 0 Å². The van der Waals surface area contributed by atoms with Crippen LogP contribution in [0.4, 0.5) is 9.52 Å². The summed E-state index contributed by atoms with van der Waals surface area (Å²) in [5.41, 5.74) is 2.13. The third kappa shape index (κ3) is 6.79. The molecule has 2 aromatic carbocycles. The number of methoxy groups -OCH3 is 1. The van der Waals surface area contributed by atoms with Gasteiger partial charge in [-0.3, -0.25) is 9.59 Å². The summed E-state index contributed by atoms with van der Waals surface area (Å²) in [7, 11) is 1.50. The van der Waals surface area contributed by atoms with E-state index in [1.54, 1.807) is 48.2 Å². The third-order valence-corrected chi connectivity index (χ3v) is 6.70. The number of aryl methyl sites for hydroxylation is 1. The Balaban J connectivity index is 1.70. The van der Waals surface area contributed by atoms with Crippen LogP contribution in [0, 0.1) is 12.7 Å². The van der Waals surface area contributed by atoms with Gasteiger partial charge in [0.2, 0.25) is 5.91 Å². The standard InChI is InChI=1S/C24H26FN3O3S2/c1-15-21(14-16-8-10-17(25)11-9-16)33-24(26-15)28-23(30)19(12-13-32-3)27-22(29)18-6-4-5-7-20(18)31-2/h4-11,19H,12-14H2,1-3H3,(H,27,29)(H,26,28,30). The van der Waals surface area contributed by atoms with E-state index in [0.29, 0.717) is 35.0 Å². The lowest BCUT2D eigenvalue weighted by Crippen LogP contribution is -2.44. The normalized spacial score (nSPS) is 11.6. The number of amides is 2. The molecule has 0 saturated carbocycles. The van der Waals surface area contributed by atoms with Gasteiger partial charge in [-0.15, -0.1) is 11.3 Å². The molecule has 6 nitrogen and oxygen atoms in total. The van der Waals surface area contributed by atoms with E-state index in [-0.39, 0.29) is 17.6 Å². The molecule has 0 spiro atoms. The number of anilines is 1. The van der Waals surface area contributed by atoms with Gasteiger partial charge in [0.1, 0.15) is 17.6 Å². The summed E-state index contributed by atoms with van der Waals surface area (Å²) in [5, 5.41) is 6.14. The summed E-state index contributed by atoms with van der Waals surface area (Å²) in [6.45, 7) is 1.87. The zero-order valence-corrected chi connectivity index (χ0v) is 20.3. The number of rotatable bonds is 10. The van der Waals surface area contributed by atoms with Gasteiger partial charge in [0, 0.05) is 11.3 Å². The maximum Gasteiger partial charge on any atom is 0.255 e. The SMILES string of the molecule is COc1ccccc1C(=O)NC(CCSC)C(=O)Nc1nc(C)c(Cc2ccc(F)cc2)s1. The van der Waals surface area contributed by atoms with Crippen LogP contribution in [0.15, 0.2) is 48.5 Å². The van der Waals surface area contributed by atoms with E-state index in [1.807, 2.05) is 13.2 Å². The number of nitrogens with one attached hydrogen (secondary N) is 2. The first-order chi connectivity index (χ1) is 15.9. The van der Waals surface area contributed by atoms with Gasteiger partial charge in [0.15, 0.2) is 5.13 Å². The Bertz CT molecular complexity index is 1100. The summed E-state index contributed by atoms with van der Waals surface area (Å²) in [4.78, 5) is 31.3. The highest BCUT2D eigenvalue weighted by Crippen LogP contribution is 2.26. The molecule has 1 aromatic heterocycles. The third-order valence-electron chi connectivity index (χ3n) is 4.98. The monoisotopic (exact) mass is 487 g/mol. The molecular formula is C24H26FN3O3S2. The van der Waals surface area contributed by atoms with Gasteiger partial charge in [0.25, 0.3) is 5.91 Å². The molecule has 33 heavy (non-hydrogen) atoms. The molecule has 174 valence electrons. The minimum absolute atomic E-state index is 0.279. The molecular weight excluding hydrogens is 461 g/mol. The molecule has 0 aliphatic rings. The summed E-state index contributed by atoms with van der Waals surface area (Å²) in [6.07, 6.45) is 3.02. The maximum atomic E-state index is 13.2.